The highest BCUT2D eigenvalue weighted by Gasteiger charge is 2.13. The van der Waals surface area contributed by atoms with Crippen molar-refractivity contribution in [1.82, 2.24) is 5.32 Å². The molecule has 6 heteroatoms. The molecule has 0 amide bonds. The van der Waals surface area contributed by atoms with Crippen LogP contribution in [-0.2, 0) is 11.3 Å². The molecule has 0 aliphatic rings. The summed E-state index contributed by atoms with van der Waals surface area (Å²) in [4.78, 5) is 10.5. The molecule has 0 atom stereocenters. The lowest BCUT2D eigenvalue weighted by molar-refractivity contribution is -0.385. The number of hydrogen-bond donors (Lipinski definition) is 1. The van der Waals surface area contributed by atoms with Crippen LogP contribution in [0, 0.1) is 10.1 Å². The molecule has 0 fully saturated rings. The Morgan fingerprint density at radius 2 is 2.22 bits per heavy atom. The molecular formula is C12H17BrN2O3. The lowest BCUT2D eigenvalue weighted by atomic mass is 10.2. The van der Waals surface area contributed by atoms with Gasteiger partial charge in [-0.3, -0.25) is 10.1 Å². The fraction of sp³-hybridized carbons (Fsp3) is 0.500. The summed E-state index contributed by atoms with van der Waals surface area (Å²) < 4.78 is 5.67. The minimum atomic E-state index is -0.354. The van der Waals surface area contributed by atoms with Crippen LogP contribution in [0.3, 0.4) is 0 Å². The maximum Gasteiger partial charge on any atom is 0.275 e. The zero-order chi connectivity index (χ0) is 13.4. The van der Waals surface area contributed by atoms with Gasteiger partial charge in [-0.1, -0.05) is 15.9 Å². The molecule has 1 aromatic rings. The van der Waals surface area contributed by atoms with E-state index in [1.165, 1.54) is 6.07 Å². The van der Waals surface area contributed by atoms with Crippen LogP contribution in [0.2, 0.25) is 0 Å². The van der Waals surface area contributed by atoms with Crippen molar-refractivity contribution in [2.75, 3.05) is 20.3 Å². The molecule has 0 aliphatic carbocycles. The molecule has 0 unspecified atom stereocenters. The largest absolute Gasteiger partial charge is 0.385 e. The molecule has 0 radical (unpaired) electrons. The zero-order valence-corrected chi connectivity index (χ0v) is 11.9. The normalized spacial score (nSPS) is 10.6. The third-order valence-electron chi connectivity index (χ3n) is 2.51. The molecule has 1 N–H and O–H groups in total. The molecule has 0 aromatic heterocycles. The van der Waals surface area contributed by atoms with Crippen LogP contribution in [0.5, 0.6) is 0 Å². The van der Waals surface area contributed by atoms with E-state index in [9.17, 15) is 10.1 Å². The van der Waals surface area contributed by atoms with Crippen molar-refractivity contribution in [3.8, 4) is 0 Å². The van der Waals surface area contributed by atoms with Crippen molar-refractivity contribution in [2.45, 2.75) is 19.4 Å². The Morgan fingerprint density at radius 1 is 1.44 bits per heavy atom. The third kappa shape index (κ3) is 5.12. The molecule has 0 saturated heterocycles. The summed E-state index contributed by atoms with van der Waals surface area (Å²) >= 11 is 3.24. The number of ether oxygens (including phenoxy) is 1. The average molecular weight is 317 g/mol. The van der Waals surface area contributed by atoms with E-state index in [1.54, 1.807) is 13.2 Å². The van der Waals surface area contributed by atoms with Crippen LogP contribution in [0.1, 0.15) is 18.4 Å². The Kier molecular flexibility index (Phi) is 6.85. The molecule has 5 nitrogen and oxygen atoms in total. The van der Waals surface area contributed by atoms with Crippen LogP contribution in [0.4, 0.5) is 5.69 Å². The van der Waals surface area contributed by atoms with E-state index in [2.05, 4.69) is 21.2 Å². The predicted octanol–water partition coefficient (Wildman–Crippen LogP) is 2.87. The van der Waals surface area contributed by atoms with Crippen molar-refractivity contribution in [3.05, 3.63) is 38.3 Å². The number of methoxy groups -OCH3 is 1. The lowest BCUT2D eigenvalue weighted by Crippen LogP contribution is -2.16. The fourth-order valence-corrected chi connectivity index (χ4v) is 1.92. The number of benzene rings is 1. The summed E-state index contributed by atoms with van der Waals surface area (Å²) in [6.45, 7) is 2.09. The van der Waals surface area contributed by atoms with E-state index in [-0.39, 0.29) is 10.6 Å². The van der Waals surface area contributed by atoms with Gasteiger partial charge in [0.1, 0.15) is 0 Å². The molecule has 1 rings (SSSR count). The van der Waals surface area contributed by atoms with E-state index >= 15 is 0 Å². The van der Waals surface area contributed by atoms with Crippen LogP contribution in [0.15, 0.2) is 22.7 Å². The lowest BCUT2D eigenvalue weighted by Gasteiger charge is -2.06. The van der Waals surface area contributed by atoms with Gasteiger partial charge in [-0.05, 0) is 31.5 Å². The Hall–Kier alpha value is -0.980. The van der Waals surface area contributed by atoms with Gasteiger partial charge in [0.15, 0.2) is 0 Å². The third-order valence-corrected chi connectivity index (χ3v) is 3.00. The second-order valence-corrected chi connectivity index (χ2v) is 4.82. The van der Waals surface area contributed by atoms with Crippen LogP contribution < -0.4 is 5.32 Å². The number of nitrogens with one attached hydrogen (secondary N) is 1. The summed E-state index contributed by atoms with van der Waals surface area (Å²) in [7, 11) is 1.68. The fourth-order valence-electron chi connectivity index (χ4n) is 1.58. The van der Waals surface area contributed by atoms with Gasteiger partial charge in [0, 0.05) is 36.4 Å². The van der Waals surface area contributed by atoms with E-state index in [1.807, 2.05) is 6.07 Å². The molecule has 1 aromatic carbocycles. The summed E-state index contributed by atoms with van der Waals surface area (Å²) in [5, 5.41) is 14.1. The molecule has 0 heterocycles. The van der Waals surface area contributed by atoms with Gasteiger partial charge in [-0.25, -0.2) is 0 Å². The molecule has 0 aliphatic heterocycles. The number of nitrogens with zero attached hydrogens (tertiary/aromatic N) is 1. The Balaban J connectivity index is 2.44. The van der Waals surface area contributed by atoms with E-state index in [0.717, 1.165) is 30.5 Å². The first-order valence-corrected chi connectivity index (χ1v) is 6.57. The highest BCUT2D eigenvalue weighted by molar-refractivity contribution is 9.10. The number of halogens is 1. The molecule has 18 heavy (non-hydrogen) atoms. The van der Waals surface area contributed by atoms with E-state index in [0.29, 0.717) is 12.1 Å². The smallest absolute Gasteiger partial charge is 0.275 e. The van der Waals surface area contributed by atoms with Gasteiger partial charge >= 0.3 is 0 Å². The Morgan fingerprint density at radius 3 is 2.89 bits per heavy atom. The molecule has 0 saturated carbocycles. The first kappa shape index (κ1) is 15.1. The number of unbranched alkanes of at least 4 members (excludes halogenated alkanes) is 1. The predicted molar refractivity (Wildman–Crippen MR) is 73.6 cm³/mol. The molecule has 100 valence electrons. The van der Waals surface area contributed by atoms with Gasteiger partial charge in [-0.15, -0.1) is 0 Å². The SMILES string of the molecule is COCCCCNCc1ccc(Br)cc1[N+](=O)[O-]. The van der Waals surface area contributed by atoms with Gasteiger partial charge in [0.05, 0.1) is 4.92 Å². The summed E-state index contributed by atoms with van der Waals surface area (Å²) in [5.74, 6) is 0. The summed E-state index contributed by atoms with van der Waals surface area (Å²) in [6.07, 6.45) is 1.99. The maximum atomic E-state index is 10.9. The van der Waals surface area contributed by atoms with Gasteiger partial charge < -0.3 is 10.1 Å². The minimum Gasteiger partial charge on any atom is -0.385 e. The highest BCUT2D eigenvalue weighted by Crippen LogP contribution is 2.23. The Labute approximate surface area is 115 Å². The minimum absolute atomic E-state index is 0.147. The first-order valence-electron chi connectivity index (χ1n) is 5.77. The second-order valence-electron chi connectivity index (χ2n) is 3.91. The van der Waals surface area contributed by atoms with Gasteiger partial charge in [0.25, 0.3) is 5.69 Å². The van der Waals surface area contributed by atoms with Crippen molar-refractivity contribution in [1.29, 1.82) is 0 Å². The quantitative estimate of drug-likeness (QED) is 0.455. The number of nitro benzene ring substituents is 1. The summed E-state index contributed by atoms with van der Waals surface area (Å²) in [6, 6.07) is 5.11. The molecule has 0 spiro atoms. The molecule has 0 bridgehead atoms. The number of rotatable bonds is 8. The van der Waals surface area contributed by atoms with Crippen molar-refractivity contribution in [3.63, 3.8) is 0 Å². The topological polar surface area (TPSA) is 64.4 Å². The van der Waals surface area contributed by atoms with Crippen molar-refractivity contribution >= 4 is 21.6 Å². The van der Waals surface area contributed by atoms with E-state index < -0.39 is 0 Å². The van der Waals surface area contributed by atoms with Gasteiger partial charge in [-0.2, -0.15) is 0 Å². The Bertz CT molecular complexity index is 399. The van der Waals surface area contributed by atoms with Crippen molar-refractivity contribution in [2.24, 2.45) is 0 Å². The van der Waals surface area contributed by atoms with Crippen molar-refractivity contribution < 1.29 is 9.66 Å². The average Bonchev–Trinajstić information content (AvgIpc) is 2.35. The number of hydrogen-bond acceptors (Lipinski definition) is 4. The number of nitro groups is 1. The molecular weight excluding hydrogens is 300 g/mol. The highest BCUT2D eigenvalue weighted by atomic mass is 79.9. The van der Waals surface area contributed by atoms with Gasteiger partial charge in [0.2, 0.25) is 0 Å². The zero-order valence-electron chi connectivity index (χ0n) is 10.3. The second kappa shape index (κ2) is 8.18. The first-order chi connectivity index (χ1) is 8.65. The van der Waals surface area contributed by atoms with Crippen LogP contribution in [0.25, 0.3) is 0 Å². The maximum absolute atomic E-state index is 10.9. The van der Waals surface area contributed by atoms with Crippen LogP contribution >= 0.6 is 15.9 Å². The monoisotopic (exact) mass is 316 g/mol. The summed E-state index contributed by atoms with van der Waals surface area (Å²) in [5.41, 5.74) is 0.851. The van der Waals surface area contributed by atoms with Crippen LogP contribution in [-0.4, -0.2) is 25.2 Å². The van der Waals surface area contributed by atoms with E-state index in [4.69, 9.17) is 4.74 Å². The standard InChI is InChI=1S/C12H17BrN2O3/c1-18-7-3-2-6-14-9-10-4-5-11(13)8-12(10)15(16)17/h4-5,8,14H,2-3,6-7,9H2,1H3.